The normalized spacial score (nSPS) is 27.1. The Morgan fingerprint density at radius 2 is 1.15 bits per heavy atom. The van der Waals surface area contributed by atoms with Crippen LogP contribution in [-0.4, -0.2) is 122 Å². The maximum atomic E-state index is 18.2. The van der Waals surface area contributed by atoms with E-state index in [1.807, 2.05) is 31.2 Å². The largest absolute Gasteiger partial charge is 0.363 e. The topological polar surface area (TPSA) is 163 Å². The zero-order chi connectivity index (χ0) is 62.4. The van der Waals surface area contributed by atoms with Gasteiger partial charge in [0.2, 0.25) is 0 Å². The number of alkyl halides is 4. The molecule has 0 saturated carbocycles. The van der Waals surface area contributed by atoms with E-state index >= 15 is 26.7 Å². The molecule has 89 heavy (non-hydrogen) atoms. The Morgan fingerprint density at radius 1 is 0.562 bits per heavy atom. The van der Waals surface area contributed by atoms with Crippen LogP contribution in [0.15, 0.2) is 70.8 Å². The molecular weight excluding hydrogens is 1160 g/mol. The Hall–Kier alpha value is -5.90. The van der Waals surface area contributed by atoms with Crippen molar-refractivity contribution < 1.29 is 30.4 Å². The predicted molar refractivity (Wildman–Crippen MR) is 340 cm³/mol. The molecule has 8 aliphatic heterocycles. The zero-order valence-corrected chi connectivity index (χ0v) is 53.0. The number of pyridine rings is 2. The van der Waals surface area contributed by atoms with Crippen LogP contribution in [0.2, 0.25) is 0 Å². The van der Waals surface area contributed by atoms with Crippen LogP contribution < -0.4 is 21.8 Å². The number of hydrogen-bond acceptors (Lipinski definition) is 13. The van der Waals surface area contributed by atoms with Crippen molar-refractivity contribution in [3.8, 4) is 0 Å². The summed E-state index contributed by atoms with van der Waals surface area (Å²) < 4.78 is 115. The summed E-state index contributed by atoms with van der Waals surface area (Å²) in [5.74, 6) is -9.25. The number of nitrogens with one attached hydrogen (secondary N) is 2. The molecule has 15 nitrogen and oxygen atoms in total. The highest BCUT2D eigenvalue weighted by molar-refractivity contribution is 7.91. The number of aromatic nitrogens is 6. The van der Waals surface area contributed by atoms with Crippen molar-refractivity contribution in [1.29, 1.82) is 0 Å². The summed E-state index contributed by atoms with van der Waals surface area (Å²) in [6, 6.07) is 12.1. The summed E-state index contributed by atoms with van der Waals surface area (Å²) in [6.07, 6.45) is 12.0. The smallest absolute Gasteiger partial charge is 0.278 e. The zero-order valence-electron chi connectivity index (χ0n) is 52.1. The first-order valence-corrected chi connectivity index (χ1v) is 34.9. The van der Waals surface area contributed by atoms with Crippen LogP contribution in [-0.2, 0) is 34.8 Å². The minimum absolute atomic E-state index is 0.0000393. The van der Waals surface area contributed by atoms with Gasteiger partial charge >= 0.3 is 0 Å². The third kappa shape index (κ3) is 13.4. The van der Waals surface area contributed by atoms with Gasteiger partial charge < -0.3 is 25.3 Å². The second-order valence-electron chi connectivity index (χ2n) is 27.2. The Labute approximate surface area is 519 Å². The molecule has 8 aliphatic rings. The number of piperidine rings is 2. The van der Waals surface area contributed by atoms with Gasteiger partial charge in [-0.3, -0.25) is 18.7 Å². The fourth-order valence-corrected chi connectivity index (χ4v) is 17.1. The highest BCUT2D eigenvalue weighted by atomic mass is 32.2. The van der Waals surface area contributed by atoms with Crippen molar-refractivity contribution in [2.24, 2.45) is 11.8 Å². The van der Waals surface area contributed by atoms with Crippen molar-refractivity contribution in [2.45, 2.75) is 191 Å². The van der Waals surface area contributed by atoms with E-state index in [9.17, 15) is 13.2 Å². The first-order valence-electron chi connectivity index (χ1n) is 33.1. The Kier molecular flexibility index (Phi) is 18.7. The van der Waals surface area contributed by atoms with Gasteiger partial charge in [-0.15, -0.1) is 0 Å². The lowest BCUT2D eigenvalue weighted by Gasteiger charge is -2.41. The molecule has 0 aliphatic carbocycles. The number of fused-ring (bicyclic) bond motifs is 17. The van der Waals surface area contributed by atoms with Gasteiger partial charge in [-0.25, -0.2) is 50.3 Å². The van der Waals surface area contributed by atoms with E-state index in [1.54, 1.807) is 22.1 Å². The SMILES string of the molecule is CC(C)N1CCC(c2cc3c4ncnc3n(c2=O)CC(c2ccc3cc2C(F)(F)CC2CN(CCCCCCCn5c(=O)c(C6CCS(=O)(=O)CC6)cc6c(ncnc65)N[C@@H]3C)C2)CCCCCN2CCC(CC2)C(F)(F)c2cccc(c2F)[C@@H](C)N4)CC1. The van der Waals surface area contributed by atoms with Crippen molar-refractivity contribution in [2.75, 3.05) is 74.5 Å². The van der Waals surface area contributed by atoms with E-state index in [0.717, 1.165) is 64.6 Å². The van der Waals surface area contributed by atoms with E-state index in [1.165, 1.54) is 30.9 Å². The van der Waals surface area contributed by atoms with Gasteiger partial charge in [-0.1, -0.05) is 62.4 Å². The molecule has 21 heteroatoms. The summed E-state index contributed by atoms with van der Waals surface area (Å²) in [4.78, 5) is 55.9. The van der Waals surface area contributed by atoms with E-state index < -0.39 is 57.0 Å². The van der Waals surface area contributed by atoms with Crippen LogP contribution in [0.1, 0.15) is 199 Å². The number of rotatable bonds is 4. The molecule has 6 aromatic rings. The second-order valence-corrected chi connectivity index (χ2v) is 29.5. The molecule has 4 fully saturated rings. The number of benzene rings is 2. The van der Waals surface area contributed by atoms with Crippen LogP contribution in [0.25, 0.3) is 22.1 Å². The minimum Gasteiger partial charge on any atom is -0.363 e. The van der Waals surface area contributed by atoms with Crippen molar-refractivity contribution in [3.05, 3.63) is 127 Å². The molecular formula is C68H88F5N11O4S. The van der Waals surface area contributed by atoms with Crippen LogP contribution in [0, 0.1) is 17.7 Å². The van der Waals surface area contributed by atoms with Crippen LogP contribution >= 0.6 is 0 Å². The molecule has 14 rings (SSSR count). The molecule has 4 saturated heterocycles. The molecule has 3 atom stereocenters. The van der Waals surface area contributed by atoms with Gasteiger partial charge in [0.25, 0.3) is 23.0 Å². The number of hydrogen-bond donors (Lipinski definition) is 2. The number of anilines is 2. The predicted octanol–water partition coefficient (Wildman–Crippen LogP) is 12.8. The lowest BCUT2D eigenvalue weighted by molar-refractivity contribution is -0.0880. The molecule has 1 unspecified atom stereocenters. The maximum Gasteiger partial charge on any atom is 0.278 e. The summed E-state index contributed by atoms with van der Waals surface area (Å²) in [5, 5.41) is 8.01. The lowest BCUT2D eigenvalue weighted by Crippen LogP contribution is -2.48. The van der Waals surface area contributed by atoms with E-state index in [4.69, 9.17) is 15.0 Å². The second kappa shape index (κ2) is 26.4. The molecule has 0 amide bonds. The molecule has 480 valence electrons. The molecule has 4 aromatic heterocycles. The summed E-state index contributed by atoms with van der Waals surface area (Å²) in [5.41, 5.74) is 1.78. The monoisotopic (exact) mass is 1250 g/mol. The third-order valence-electron chi connectivity index (χ3n) is 21.0. The maximum absolute atomic E-state index is 18.2. The Morgan fingerprint density at radius 3 is 1.81 bits per heavy atom. The van der Waals surface area contributed by atoms with Gasteiger partial charge in [0.05, 0.1) is 33.9 Å². The van der Waals surface area contributed by atoms with Crippen molar-refractivity contribution >= 4 is 43.5 Å². The molecule has 2 N–H and O–H groups in total. The number of likely N-dealkylation sites (tertiary alicyclic amines) is 1. The summed E-state index contributed by atoms with van der Waals surface area (Å²) in [6.45, 7) is 13.5. The quantitative estimate of drug-likeness (QED) is 0.160. The van der Waals surface area contributed by atoms with Gasteiger partial charge in [-0.2, -0.15) is 0 Å². The Bertz CT molecular complexity index is 3750. The van der Waals surface area contributed by atoms with E-state index in [0.29, 0.717) is 134 Å². The molecule has 16 bridgehead atoms. The Balaban J connectivity index is 0.973. The number of halogens is 5. The van der Waals surface area contributed by atoms with Gasteiger partial charge in [0.1, 0.15) is 51.2 Å². The highest BCUT2D eigenvalue weighted by Gasteiger charge is 2.46. The lowest BCUT2D eigenvalue weighted by atomic mass is 9.82. The minimum atomic E-state index is -3.40. The first kappa shape index (κ1) is 63.3. The molecule has 0 radical (unpaired) electrons. The average molecular weight is 1250 g/mol. The first-order chi connectivity index (χ1) is 42.7. The third-order valence-corrected chi connectivity index (χ3v) is 22.7. The average Bonchev–Trinajstić information content (AvgIpc) is 1.00. The van der Waals surface area contributed by atoms with Crippen molar-refractivity contribution in [1.82, 2.24) is 43.8 Å². The van der Waals surface area contributed by atoms with Gasteiger partial charge in [0, 0.05) is 78.8 Å². The van der Waals surface area contributed by atoms with E-state index in [-0.39, 0.29) is 83.0 Å². The highest BCUT2D eigenvalue weighted by Crippen LogP contribution is 2.47. The van der Waals surface area contributed by atoms with Gasteiger partial charge in [-0.05, 0) is 178 Å². The number of aryl methyl sites for hydroxylation is 1. The molecule has 12 heterocycles. The molecule has 0 spiro atoms. The fraction of sp³-hybridized carbons (Fsp3) is 0.618. The van der Waals surface area contributed by atoms with Crippen LogP contribution in [0.3, 0.4) is 0 Å². The summed E-state index contributed by atoms with van der Waals surface area (Å²) >= 11 is 0. The fourth-order valence-electron chi connectivity index (χ4n) is 15.6. The van der Waals surface area contributed by atoms with Gasteiger partial charge in [0.15, 0.2) is 0 Å². The number of nitrogens with zero attached hydrogens (tertiary/aromatic N) is 9. The van der Waals surface area contributed by atoms with Crippen LogP contribution in [0.4, 0.5) is 33.6 Å². The van der Waals surface area contributed by atoms with E-state index in [2.05, 4.69) is 44.2 Å². The standard InChI is InChI=1S/C68H88F5N11O4S/c1-43(2)82-30-19-47(20-31-82)54-35-57-62-75-42-77-64(57)84(66(54)86)40-50(14-9-8-11-25-80-28-21-51(22-29-80)68(72,73)58-16-13-15-52(60(58)69)45(4)79-62)53-18-17-49-34-59(53)67(70,71)37-46-38-81(39-46)26-10-6-5-7-12-27-83-63-56(61(74-41-76-63)78-44(49)3)36-55(65(83)85)48-23-32-89(87,88)33-24-48/h13,15-18,34-36,41-48,50-51H,5-12,14,19-33,37-40H2,1-4H3,(H,74,76,78)(H,75,77,79)/t44-,45-,50?/m1/s1. The summed E-state index contributed by atoms with van der Waals surface area (Å²) in [7, 11) is -3.21. The molecule has 2 aromatic carbocycles. The van der Waals surface area contributed by atoms with Crippen LogP contribution in [0.5, 0.6) is 0 Å². The number of sulfone groups is 1. The van der Waals surface area contributed by atoms with Crippen molar-refractivity contribution in [3.63, 3.8) is 0 Å².